The SMILES string of the molecule is CC(=O)N(O[C@@H]1O[C@H](CO)[C@@H](O)[C@H](O)[C@H]1O)c1ccc(Oc2ccc(Cl)cc2Cl)cc1. The second-order valence-corrected chi connectivity index (χ2v) is 7.63. The van der Waals surface area contributed by atoms with Crippen molar-refractivity contribution < 1.29 is 39.5 Å². The monoisotopic (exact) mass is 473 g/mol. The van der Waals surface area contributed by atoms with Gasteiger partial charge in [-0.3, -0.25) is 4.79 Å². The van der Waals surface area contributed by atoms with E-state index < -0.39 is 43.2 Å². The molecule has 1 amide bonds. The molecule has 0 aliphatic carbocycles. The molecule has 1 aliphatic rings. The van der Waals surface area contributed by atoms with Gasteiger partial charge in [-0.1, -0.05) is 23.2 Å². The van der Waals surface area contributed by atoms with Gasteiger partial charge in [0.1, 0.15) is 35.9 Å². The molecule has 1 fully saturated rings. The molecule has 3 rings (SSSR count). The highest BCUT2D eigenvalue weighted by molar-refractivity contribution is 6.35. The van der Waals surface area contributed by atoms with Crippen LogP contribution in [-0.4, -0.2) is 63.6 Å². The minimum Gasteiger partial charge on any atom is -0.456 e. The van der Waals surface area contributed by atoms with Crippen molar-refractivity contribution in [2.75, 3.05) is 11.7 Å². The molecule has 11 heteroatoms. The van der Waals surface area contributed by atoms with Gasteiger partial charge in [0.15, 0.2) is 0 Å². The molecule has 4 N–H and O–H groups in total. The summed E-state index contributed by atoms with van der Waals surface area (Å²) < 4.78 is 11.0. The predicted octanol–water partition coefficient (Wildman–Crippen LogP) is 1.87. The average Bonchev–Trinajstić information content (AvgIpc) is 2.74. The van der Waals surface area contributed by atoms with Gasteiger partial charge in [0.2, 0.25) is 12.2 Å². The Morgan fingerprint density at radius 1 is 1.06 bits per heavy atom. The smallest absolute Gasteiger partial charge is 0.247 e. The Kier molecular flexibility index (Phi) is 7.73. The Morgan fingerprint density at radius 2 is 1.74 bits per heavy atom. The van der Waals surface area contributed by atoms with Crippen LogP contribution in [0, 0.1) is 0 Å². The Morgan fingerprint density at radius 3 is 2.32 bits per heavy atom. The molecule has 0 aromatic heterocycles. The summed E-state index contributed by atoms with van der Waals surface area (Å²) in [5, 5.41) is 40.8. The molecular weight excluding hydrogens is 453 g/mol. The first-order chi connectivity index (χ1) is 14.7. The van der Waals surface area contributed by atoms with E-state index in [0.717, 1.165) is 5.06 Å². The Hall–Kier alpha value is -1.95. The number of hydrogen-bond donors (Lipinski definition) is 4. The number of carbonyl (C=O) groups excluding carboxylic acids is 1. The lowest BCUT2D eigenvalue weighted by Gasteiger charge is -2.40. The number of halogens is 2. The molecule has 1 saturated heterocycles. The highest BCUT2D eigenvalue weighted by atomic mass is 35.5. The largest absolute Gasteiger partial charge is 0.456 e. The van der Waals surface area contributed by atoms with Crippen molar-refractivity contribution in [2.24, 2.45) is 0 Å². The number of hydroxylamine groups is 1. The molecule has 31 heavy (non-hydrogen) atoms. The summed E-state index contributed by atoms with van der Waals surface area (Å²) >= 11 is 12.0. The van der Waals surface area contributed by atoms with Crippen LogP contribution in [-0.2, 0) is 14.4 Å². The molecule has 0 spiro atoms. The van der Waals surface area contributed by atoms with Crippen LogP contribution in [0.15, 0.2) is 42.5 Å². The first kappa shape index (κ1) is 23.7. The van der Waals surface area contributed by atoms with E-state index in [1.807, 2.05) is 0 Å². The lowest BCUT2D eigenvalue weighted by molar-refractivity contribution is -0.302. The van der Waals surface area contributed by atoms with Crippen LogP contribution in [0.2, 0.25) is 10.0 Å². The van der Waals surface area contributed by atoms with Gasteiger partial charge < -0.3 is 29.9 Å². The predicted molar refractivity (Wildman–Crippen MR) is 111 cm³/mol. The summed E-state index contributed by atoms with van der Waals surface area (Å²) in [6, 6.07) is 10.9. The summed E-state index contributed by atoms with van der Waals surface area (Å²) in [6.45, 7) is 0.603. The molecule has 1 aliphatic heterocycles. The van der Waals surface area contributed by atoms with Gasteiger partial charge in [0.05, 0.1) is 17.3 Å². The number of amides is 1. The number of benzene rings is 2. The topological polar surface area (TPSA) is 129 Å². The number of aliphatic hydroxyl groups excluding tert-OH is 4. The molecule has 0 radical (unpaired) electrons. The minimum absolute atomic E-state index is 0.277. The van der Waals surface area contributed by atoms with E-state index in [1.54, 1.807) is 30.3 Å². The summed E-state index contributed by atoms with van der Waals surface area (Å²) in [4.78, 5) is 17.6. The lowest BCUT2D eigenvalue weighted by atomic mass is 9.99. The van der Waals surface area contributed by atoms with E-state index >= 15 is 0 Å². The molecule has 1 heterocycles. The third-order valence-electron chi connectivity index (χ3n) is 4.54. The van der Waals surface area contributed by atoms with E-state index in [2.05, 4.69) is 0 Å². The van der Waals surface area contributed by atoms with Gasteiger partial charge in [0, 0.05) is 11.9 Å². The fourth-order valence-electron chi connectivity index (χ4n) is 2.91. The van der Waals surface area contributed by atoms with Crippen molar-refractivity contribution in [1.82, 2.24) is 0 Å². The van der Waals surface area contributed by atoms with Crippen molar-refractivity contribution in [3.63, 3.8) is 0 Å². The van der Waals surface area contributed by atoms with E-state index in [1.165, 1.54) is 19.1 Å². The van der Waals surface area contributed by atoms with E-state index in [4.69, 9.17) is 37.5 Å². The van der Waals surface area contributed by atoms with Crippen LogP contribution < -0.4 is 9.80 Å². The molecule has 5 atom stereocenters. The highest BCUT2D eigenvalue weighted by Crippen LogP contribution is 2.33. The van der Waals surface area contributed by atoms with Gasteiger partial charge in [-0.2, -0.15) is 5.06 Å². The molecular formula is C20H21Cl2NO8. The number of rotatable bonds is 6. The first-order valence-electron chi connectivity index (χ1n) is 9.22. The number of nitrogens with zero attached hydrogens (tertiary/aromatic N) is 1. The number of anilines is 1. The quantitative estimate of drug-likeness (QED) is 0.468. The zero-order valence-corrected chi connectivity index (χ0v) is 17.8. The van der Waals surface area contributed by atoms with Crippen molar-refractivity contribution in [1.29, 1.82) is 0 Å². The number of carbonyl (C=O) groups is 1. The van der Waals surface area contributed by atoms with Crippen LogP contribution in [0.5, 0.6) is 11.5 Å². The van der Waals surface area contributed by atoms with Crippen molar-refractivity contribution >= 4 is 34.8 Å². The maximum absolute atomic E-state index is 12.1. The molecule has 0 bridgehead atoms. The van der Waals surface area contributed by atoms with Gasteiger partial charge >= 0.3 is 0 Å². The van der Waals surface area contributed by atoms with Crippen LogP contribution in [0.3, 0.4) is 0 Å². The highest BCUT2D eigenvalue weighted by Gasteiger charge is 2.45. The van der Waals surface area contributed by atoms with Gasteiger partial charge in [-0.15, -0.1) is 0 Å². The zero-order valence-electron chi connectivity index (χ0n) is 16.3. The average molecular weight is 474 g/mol. The van der Waals surface area contributed by atoms with Gasteiger partial charge in [-0.05, 0) is 42.5 Å². The number of ether oxygens (including phenoxy) is 2. The third kappa shape index (κ3) is 5.46. The standard InChI is InChI=1S/C20H21Cl2NO8/c1-10(25)23(31-20-19(28)18(27)17(26)16(9-24)30-20)12-3-5-13(6-4-12)29-15-7-2-11(21)8-14(15)22/h2-8,16-20,24,26-28H,9H2,1H3/t16-,17-,18+,19-,20+/m1/s1. The Bertz CT molecular complexity index is 911. The maximum Gasteiger partial charge on any atom is 0.247 e. The fourth-order valence-corrected chi connectivity index (χ4v) is 3.36. The molecule has 0 saturated carbocycles. The Balaban J connectivity index is 1.75. The van der Waals surface area contributed by atoms with E-state index in [9.17, 15) is 25.2 Å². The number of aliphatic hydroxyl groups is 4. The minimum atomic E-state index is -1.66. The van der Waals surface area contributed by atoms with Crippen LogP contribution in [0.4, 0.5) is 5.69 Å². The summed E-state index contributed by atoms with van der Waals surface area (Å²) in [7, 11) is 0. The van der Waals surface area contributed by atoms with Crippen molar-refractivity contribution in [3.8, 4) is 11.5 Å². The first-order valence-corrected chi connectivity index (χ1v) is 9.97. The molecule has 2 aromatic rings. The number of hydrogen-bond acceptors (Lipinski definition) is 8. The van der Waals surface area contributed by atoms with Crippen molar-refractivity contribution in [3.05, 3.63) is 52.5 Å². The lowest BCUT2D eigenvalue weighted by Crippen LogP contribution is -2.60. The zero-order chi connectivity index (χ0) is 22.7. The van der Waals surface area contributed by atoms with Crippen LogP contribution >= 0.6 is 23.2 Å². The summed E-state index contributed by atoms with van der Waals surface area (Å²) in [6.07, 6.45) is -7.51. The molecule has 9 nitrogen and oxygen atoms in total. The van der Waals surface area contributed by atoms with Crippen molar-refractivity contribution in [2.45, 2.75) is 37.6 Å². The second-order valence-electron chi connectivity index (χ2n) is 6.79. The van der Waals surface area contributed by atoms with Crippen LogP contribution in [0.1, 0.15) is 6.92 Å². The van der Waals surface area contributed by atoms with Gasteiger partial charge in [0.25, 0.3) is 0 Å². The van der Waals surface area contributed by atoms with E-state index in [0.29, 0.717) is 21.5 Å². The van der Waals surface area contributed by atoms with Gasteiger partial charge in [-0.25, -0.2) is 4.84 Å². The van der Waals surface area contributed by atoms with Crippen LogP contribution in [0.25, 0.3) is 0 Å². The molecule has 0 unspecified atom stereocenters. The molecule has 168 valence electrons. The molecule has 2 aromatic carbocycles. The van der Waals surface area contributed by atoms with E-state index in [-0.39, 0.29) is 5.69 Å². The normalized spacial score (nSPS) is 25.8. The maximum atomic E-state index is 12.1. The second kappa shape index (κ2) is 10.1. The Labute approximate surface area is 187 Å². The third-order valence-corrected chi connectivity index (χ3v) is 5.07. The fraction of sp³-hybridized carbons (Fsp3) is 0.350. The summed E-state index contributed by atoms with van der Waals surface area (Å²) in [5.74, 6) is 0.260. The summed E-state index contributed by atoms with van der Waals surface area (Å²) in [5.41, 5.74) is 0.277.